The predicted molar refractivity (Wildman–Crippen MR) is 111 cm³/mol. The lowest BCUT2D eigenvalue weighted by atomic mass is 10.1. The Hall–Kier alpha value is -2.23. The zero-order valence-corrected chi connectivity index (χ0v) is 17.6. The van der Waals surface area contributed by atoms with E-state index in [9.17, 15) is 18.0 Å². The average Bonchev–Trinajstić information content (AvgIpc) is 3.27. The Kier molecular flexibility index (Phi) is 6.71. The number of nitrogens with zero attached hydrogens (tertiary/aromatic N) is 2. The van der Waals surface area contributed by atoms with Crippen molar-refractivity contribution in [1.29, 1.82) is 0 Å². The van der Waals surface area contributed by atoms with Gasteiger partial charge >= 0.3 is 0 Å². The molecule has 1 aliphatic heterocycles. The molecule has 0 unspecified atom stereocenters. The molecule has 2 heterocycles. The van der Waals surface area contributed by atoms with Crippen molar-refractivity contribution in [3.63, 3.8) is 0 Å². The number of carbonyl (C=O) groups is 1. The number of pyridine rings is 1. The number of rotatable bonds is 8. The van der Waals surface area contributed by atoms with Crippen LogP contribution in [-0.4, -0.2) is 56.5 Å². The summed E-state index contributed by atoms with van der Waals surface area (Å²) in [7, 11) is -2.07. The SMILES string of the molecule is CCn1cc(C(=O)NCCCOC)c(=O)c2cc(S(=O)(=O)N3CCCC3)ccc21. The third-order valence-electron chi connectivity index (χ3n) is 5.15. The predicted octanol–water partition coefficient (Wildman–Crippen LogP) is 1.57. The number of methoxy groups -OCH3 is 1. The molecule has 2 aromatic rings. The van der Waals surface area contributed by atoms with Crippen LogP contribution in [0.15, 0.2) is 34.1 Å². The monoisotopic (exact) mass is 421 g/mol. The van der Waals surface area contributed by atoms with E-state index in [0.717, 1.165) is 12.8 Å². The lowest BCUT2D eigenvalue weighted by Crippen LogP contribution is -2.31. The van der Waals surface area contributed by atoms with Gasteiger partial charge in [-0.05, 0) is 44.4 Å². The van der Waals surface area contributed by atoms with Crippen LogP contribution in [0.25, 0.3) is 10.9 Å². The maximum atomic E-state index is 13.0. The lowest BCUT2D eigenvalue weighted by molar-refractivity contribution is 0.0947. The van der Waals surface area contributed by atoms with Crippen LogP contribution in [0.3, 0.4) is 0 Å². The van der Waals surface area contributed by atoms with Crippen molar-refractivity contribution in [2.75, 3.05) is 33.4 Å². The van der Waals surface area contributed by atoms with E-state index in [1.54, 1.807) is 17.7 Å². The highest BCUT2D eigenvalue weighted by Gasteiger charge is 2.28. The van der Waals surface area contributed by atoms with Gasteiger partial charge in [-0.2, -0.15) is 4.31 Å². The van der Waals surface area contributed by atoms with Crippen LogP contribution >= 0.6 is 0 Å². The number of aromatic nitrogens is 1. The van der Waals surface area contributed by atoms with Crippen LogP contribution in [-0.2, 0) is 21.3 Å². The molecule has 1 amide bonds. The van der Waals surface area contributed by atoms with Gasteiger partial charge in [0.05, 0.1) is 10.4 Å². The number of aryl methyl sites for hydroxylation is 1. The summed E-state index contributed by atoms with van der Waals surface area (Å²) >= 11 is 0. The molecule has 0 saturated carbocycles. The second-order valence-electron chi connectivity index (χ2n) is 7.05. The number of hydrogen-bond acceptors (Lipinski definition) is 5. The molecule has 1 fully saturated rings. The second kappa shape index (κ2) is 9.06. The van der Waals surface area contributed by atoms with E-state index in [-0.39, 0.29) is 15.8 Å². The molecule has 0 atom stereocenters. The van der Waals surface area contributed by atoms with Gasteiger partial charge in [-0.15, -0.1) is 0 Å². The Morgan fingerprint density at radius 1 is 1.24 bits per heavy atom. The van der Waals surface area contributed by atoms with Gasteiger partial charge in [0.1, 0.15) is 5.56 Å². The fraction of sp³-hybridized carbons (Fsp3) is 0.500. The molecule has 8 nitrogen and oxygen atoms in total. The summed E-state index contributed by atoms with van der Waals surface area (Å²) in [4.78, 5) is 25.6. The van der Waals surface area contributed by atoms with Gasteiger partial charge in [-0.3, -0.25) is 9.59 Å². The van der Waals surface area contributed by atoms with Crippen LogP contribution < -0.4 is 10.7 Å². The van der Waals surface area contributed by atoms with E-state index >= 15 is 0 Å². The van der Waals surface area contributed by atoms with E-state index in [1.807, 2.05) is 6.92 Å². The first-order valence-electron chi connectivity index (χ1n) is 9.84. The number of benzene rings is 1. The number of nitrogens with one attached hydrogen (secondary N) is 1. The molecule has 1 aliphatic rings. The number of sulfonamides is 1. The highest BCUT2D eigenvalue weighted by atomic mass is 32.2. The zero-order valence-electron chi connectivity index (χ0n) is 16.8. The summed E-state index contributed by atoms with van der Waals surface area (Å²) in [6.45, 7) is 4.32. The van der Waals surface area contributed by atoms with Crippen molar-refractivity contribution in [3.8, 4) is 0 Å². The first kappa shape index (κ1) is 21.5. The Bertz CT molecular complexity index is 1060. The van der Waals surface area contributed by atoms with E-state index in [1.165, 1.54) is 22.6 Å². The molecule has 3 rings (SSSR count). The molecule has 0 radical (unpaired) electrons. The maximum absolute atomic E-state index is 13.0. The summed E-state index contributed by atoms with van der Waals surface area (Å²) in [6.07, 6.45) is 3.84. The van der Waals surface area contributed by atoms with Crippen molar-refractivity contribution in [2.45, 2.75) is 37.6 Å². The van der Waals surface area contributed by atoms with Gasteiger partial charge in [0.25, 0.3) is 5.91 Å². The summed E-state index contributed by atoms with van der Waals surface area (Å²) in [5.74, 6) is -0.469. The molecular formula is C20H27N3O5S. The number of carbonyl (C=O) groups excluding carboxylic acids is 1. The van der Waals surface area contributed by atoms with Crippen LogP contribution in [0, 0.1) is 0 Å². The minimum absolute atomic E-state index is 0.00693. The van der Waals surface area contributed by atoms with Crippen LogP contribution in [0.1, 0.15) is 36.5 Å². The Balaban J connectivity index is 2.03. The van der Waals surface area contributed by atoms with E-state index < -0.39 is 21.4 Å². The fourth-order valence-electron chi connectivity index (χ4n) is 3.55. The molecule has 1 N–H and O–H groups in total. The Morgan fingerprint density at radius 3 is 2.62 bits per heavy atom. The van der Waals surface area contributed by atoms with E-state index in [0.29, 0.717) is 44.7 Å². The summed E-state index contributed by atoms with van der Waals surface area (Å²) in [5.41, 5.74) is 0.147. The van der Waals surface area contributed by atoms with Crippen molar-refractivity contribution in [1.82, 2.24) is 14.2 Å². The summed E-state index contributed by atoms with van der Waals surface area (Å²) in [6, 6.07) is 4.58. The summed E-state index contributed by atoms with van der Waals surface area (Å²) < 4.78 is 34.0. The van der Waals surface area contributed by atoms with Crippen LogP contribution in [0.5, 0.6) is 0 Å². The summed E-state index contributed by atoms with van der Waals surface area (Å²) in [5, 5.41) is 2.95. The quantitative estimate of drug-likeness (QED) is 0.653. The molecule has 158 valence electrons. The molecule has 1 aromatic heterocycles. The highest BCUT2D eigenvalue weighted by Crippen LogP contribution is 2.24. The first-order chi connectivity index (χ1) is 13.9. The smallest absolute Gasteiger partial charge is 0.256 e. The Labute approximate surface area is 170 Å². The largest absolute Gasteiger partial charge is 0.385 e. The van der Waals surface area contributed by atoms with Crippen LogP contribution in [0.2, 0.25) is 0 Å². The van der Waals surface area contributed by atoms with E-state index in [2.05, 4.69) is 5.32 Å². The molecular weight excluding hydrogens is 394 g/mol. The standard InChI is InChI=1S/C20H27N3O5S/c1-3-22-14-17(20(25)21-9-6-12-28-2)19(24)16-13-15(7-8-18(16)22)29(26,27)23-10-4-5-11-23/h7-8,13-14H,3-6,9-12H2,1-2H3,(H,21,25). The van der Waals surface area contributed by atoms with Crippen molar-refractivity contribution < 1.29 is 17.9 Å². The van der Waals surface area contributed by atoms with Gasteiger partial charge in [-0.1, -0.05) is 0 Å². The lowest BCUT2D eigenvalue weighted by Gasteiger charge is -2.17. The molecule has 1 aromatic carbocycles. The Morgan fingerprint density at radius 2 is 1.97 bits per heavy atom. The minimum Gasteiger partial charge on any atom is -0.385 e. The number of amides is 1. The molecule has 9 heteroatoms. The first-order valence-corrected chi connectivity index (χ1v) is 11.3. The fourth-order valence-corrected chi connectivity index (χ4v) is 5.10. The second-order valence-corrected chi connectivity index (χ2v) is 8.99. The van der Waals surface area contributed by atoms with Crippen molar-refractivity contribution in [3.05, 3.63) is 40.2 Å². The minimum atomic E-state index is -3.65. The molecule has 1 saturated heterocycles. The topological polar surface area (TPSA) is 97.7 Å². The van der Waals surface area contributed by atoms with Gasteiger partial charge < -0.3 is 14.6 Å². The van der Waals surface area contributed by atoms with Gasteiger partial charge in [0.15, 0.2) is 0 Å². The molecule has 0 bridgehead atoms. The third kappa shape index (κ3) is 4.36. The van der Waals surface area contributed by atoms with Gasteiger partial charge in [-0.25, -0.2) is 8.42 Å². The number of hydrogen-bond donors (Lipinski definition) is 1. The van der Waals surface area contributed by atoms with Crippen molar-refractivity contribution >= 4 is 26.8 Å². The van der Waals surface area contributed by atoms with Gasteiger partial charge in [0.2, 0.25) is 15.5 Å². The normalized spacial score (nSPS) is 15.1. The van der Waals surface area contributed by atoms with Crippen LogP contribution in [0.4, 0.5) is 0 Å². The maximum Gasteiger partial charge on any atom is 0.256 e. The zero-order chi connectivity index (χ0) is 21.0. The third-order valence-corrected chi connectivity index (χ3v) is 7.05. The van der Waals surface area contributed by atoms with E-state index in [4.69, 9.17) is 4.74 Å². The highest BCUT2D eigenvalue weighted by molar-refractivity contribution is 7.89. The molecule has 0 spiro atoms. The average molecular weight is 422 g/mol. The van der Waals surface area contributed by atoms with Crippen molar-refractivity contribution in [2.24, 2.45) is 0 Å². The van der Waals surface area contributed by atoms with Gasteiger partial charge in [0, 0.05) is 51.5 Å². The number of ether oxygens (including phenoxy) is 1. The molecule has 29 heavy (non-hydrogen) atoms. The number of fused-ring (bicyclic) bond motifs is 1. The molecule has 0 aliphatic carbocycles.